The molecule has 0 fully saturated rings. The van der Waals surface area contributed by atoms with E-state index in [4.69, 9.17) is 0 Å². The SMILES string of the molecule is C=C(C=CC)CC. The van der Waals surface area contributed by atoms with E-state index < -0.39 is 0 Å². The highest BCUT2D eigenvalue weighted by atomic mass is 13.8. The van der Waals surface area contributed by atoms with Gasteiger partial charge in [-0.05, 0) is 13.3 Å². The molecule has 0 nitrogen and oxygen atoms in total. The Balaban J connectivity index is 3.37. The second kappa shape index (κ2) is 3.66. The highest BCUT2D eigenvalue weighted by Gasteiger charge is 1.75. The largest absolute Gasteiger partial charge is 0.0959 e. The van der Waals surface area contributed by atoms with Crippen molar-refractivity contribution in [2.75, 3.05) is 0 Å². The maximum atomic E-state index is 3.78. The van der Waals surface area contributed by atoms with E-state index in [2.05, 4.69) is 13.5 Å². The number of allylic oxidation sites excluding steroid dienone is 3. The molecule has 0 rings (SSSR count). The van der Waals surface area contributed by atoms with Gasteiger partial charge in [0.2, 0.25) is 0 Å². The second-order valence-corrected chi connectivity index (χ2v) is 1.51. The fourth-order valence-corrected chi connectivity index (χ4v) is 0.354. The quantitative estimate of drug-likeness (QED) is 0.463. The first-order valence-electron chi connectivity index (χ1n) is 2.61. The van der Waals surface area contributed by atoms with E-state index in [1.165, 1.54) is 5.57 Å². The Labute approximate surface area is 45.5 Å². The fourth-order valence-electron chi connectivity index (χ4n) is 0.354. The van der Waals surface area contributed by atoms with Crippen molar-refractivity contribution >= 4 is 0 Å². The van der Waals surface area contributed by atoms with Gasteiger partial charge in [0.1, 0.15) is 0 Å². The number of rotatable bonds is 2. The summed E-state index contributed by atoms with van der Waals surface area (Å²) in [5.74, 6) is 0. The molecule has 0 saturated carbocycles. The predicted octanol–water partition coefficient (Wildman–Crippen LogP) is 2.53. The monoisotopic (exact) mass is 96.1 g/mol. The summed E-state index contributed by atoms with van der Waals surface area (Å²) in [6.45, 7) is 7.88. The third-order valence-electron chi connectivity index (χ3n) is 0.856. The topological polar surface area (TPSA) is 0 Å². The van der Waals surface area contributed by atoms with Gasteiger partial charge in [-0.2, -0.15) is 0 Å². The second-order valence-electron chi connectivity index (χ2n) is 1.51. The van der Waals surface area contributed by atoms with Gasteiger partial charge in [-0.3, -0.25) is 0 Å². The minimum absolute atomic E-state index is 1.06. The van der Waals surface area contributed by atoms with E-state index in [0.717, 1.165) is 6.42 Å². The molecule has 0 bridgehead atoms. The Morgan fingerprint density at radius 1 is 1.71 bits per heavy atom. The molecule has 0 saturated heterocycles. The van der Waals surface area contributed by atoms with Gasteiger partial charge in [-0.1, -0.05) is 31.2 Å². The Hall–Kier alpha value is -0.520. The van der Waals surface area contributed by atoms with Crippen LogP contribution in [0.5, 0.6) is 0 Å². The van der Waals surface area contributed by atoms with Crippen molar-refractivity contribution in [1.82, 2.24) is 0 Å². The molecule has 0 aromatic carbocycles. The van der Waals surface area contributed by atoms with Gasteiger partial charge in [0.05, 0.1) is 0 Å². The molecule has 0 unspecified atom stereocenters. The lowest BCUT2D eigenvalue weighted by atomic mass is 10.2. The molecule has 0 aliphatic rings. The molecular formula is C7H12. The van der Waals surface area contributed by atoms with Crippen molar-refractivity contribution in [1.29, 1.82) is 0 Å². The summed E-state index contributed by atoms with van der Waals surface area (Å²) in [7, 11) is 0. The smallest absolute Gasteiger partial charge is 0.0313 e. The Morgan fingerprint density at radius 2 is 2.29 bits per heavy atom. The zero-order chi connectivity index (χ0) is 5.70. The molecule has 7 heavy (non-hydrogen) atoms. The van der Waals surface area contributed by atoms with Gasteiger partial charge in [0, 0.05) is 0 Å². The van der Waals surface area contributed by atoms with E-state index in [9.17, 15) is 0 Å². The highest BCUT2D eigenvalue weighted by Crippen LogP contribution is 1.95. The standard InChI is InChI=1S/C7H12/c1-4-6-7(3)5-2/h4,6H,3,5H2,1-2H3. The molecule has 0 aromatic rings. The van der Waals surface area contributed by atoms with Crippen molar-refractivity contribution in [2.24, 2.45) is 0 Å². The van der Waals surface area contributed by atoms with Gasteiger partial charge in [0.25, 0.3) is 0 Å². The molecule has 40 valence electrons. The predicted molar refractivity (Wildman–Crippen MR) is 34.2 cm³/mol. The third-order valence-corrected chi connectivity index (χ3v) is 0.856. The van der Waals surface area contributed by atoms with Crippen LogP contribution in [0, 0.1) is 0 Å². The summed E-state index contributed by atoms with van der Waals surface area (Å²) in [6.07, 6.45) is 5.09. The summed E-state index contributed by atoms with van der Waals surface area (Å²) < 4.78 is 0. The van der Waals surface area contributed by atoms with Gasteiger partial charge < -0.3 is 0 Å². The van der Waals surface area contributed by atoms with E-state index in [1.54, 1.807) is 0 Å². The molecule has 0 heteroatoms. The minimum atomic E-state index is 1.06. The zero-order valence-corrected chi connectivity index (χ0v) is 5.07. The van der Waals surface area contributed by atoms with Crippen molar-refractivity contribution < 1.29 is 0 Å². The van der Waals surface area contributed by atoms with Crippen LogP contribution < -0.4 is 0 Å². The first-order chi connectivity index (χ1) is 3.31. The lowest BCUT2D eigenvalue weighted by Gasteiger charge is -1.85. The van der Waals surface area contributed by atoms with Crippen LogP contribution >= 0.6 is 0 Å². The van der Waals surface area contributed by atoms with Gasteiger partial charge in [-0.25, -0.2) is 0 Å². The summed E-state index contributed by atoms with van der Waals surface area (Å²) in [6, 6.07) is 0. The van der Waals surface area contributed by atoms with Crippen LogP contribution in [0.2, 0.25) is 0 Å². The molecule has 0 aliphatic carbocycles. The van der Waals surface area contributed by atoms with E-state index in [0.29, 0.717) is 0 Å². The van der Waals surface area contributed by atoms with Crippen LogP contribution in [-0.2, 0) is 0 Å². The molecule has 0 aliphatic heterocycles. The maximum Gasteiger partial charge on any atom is -0.0313 e. The third kappa shape index (κ3) is 3.31. The van der Waals surface area contributed by atoms with Crippen molar-refractivity contribution in [2.45, 2.75) is 20.3 Å². The van der Waals surface area contributed by atoms with Crippen LogP contribution in [-0.4, -0.2) is 0 Å². The Bertz CT molecular complexity index is 78.0. The molecule has 0 radical (unpaired) electrons. The fraction of sp³-hybridized carbons (Fsp3) is 0.429. The van der Waals surface area contributed by atoms with Crippen molar-refractivity contribution in [3.05, 3.63) is 24.3 Å². The molecule has 0 heterocycles. The molecule has 0 spiro atoms. The molecular weight excluding hydrogens is 84.1 g/mol. The van der Waals surface area contributed by atoms with Crippen LogP contribution in [0.15, 0.2) is 24.3 Å². The molecule has 0 aromatic heterocycles. The van der Waals surface area contributed by atoms with E-state index in [1.807, 2.05) is 19.1 Å². The van der Waals surface area contributed by atoms with Gasteiger partial charge >= 0.3 is 0 Å². The Morgan fingerprint density at radius 3 is 2.43 bits per heavy atom. The Kier molecular flexibility index (Phi) is 3.39. The van der Waals surface area contributed by atoms with Crippen LogP contribution in [0.25, 0.3) is 0 Å². The zero-order valence-electron chi connectivity index (χ0n) is 5.07. The number of hydrogen-bond acceptors (Lipinski definition) is 0. The average molecular weight is 96.2 g/mol. The highest BCUT2D eigenvalue weighted by molar-refractivity contribution is 5.12. The first kappa shape index (κ1) is 6.48. The minimum Gasteiger partial charge on any atom is -0.0959 e. The molecule has 0 N–H and O–H groups in total. The van der Waals surface area contributed by atoms with Crippen molar-refractivity contribution in [3.8, 4) is 0 Å². The maximum absolute atomic E-state index is 3.78. The van der Waals surface area contributed by atoms with Gasteiger partial charge in [0.15, 0.2) is 0 Å². The van der Waals surface area contributed by atoms with Crippen LogP contribution in [0.3, 0.4) is 0 Å². The lowest BCUT2D eigenvalue weighted by Crippen LogP contribution is -1.65. The summed E-state index contributed by atoms with van der Waals surface area (Å²) in [4.78, 5) is 0. The average Bonchev–Trinajstić information content (AvgIpc) is 1.68. The van der Waals surface area contributed by atoms with E-state index >= 15 is 0 Å². The lowest BCUT2D eigenvalue weighted by molar-refractivity contribution is 1.16. The number of hydrogen-bond donors (Lipinski definition) is 0. The first-order valence-corrected chi connectivity index (χ1v) is 2.61. The van der Waals surface area contributed by atoms with Crippen molar-refractivity contribution in [3.63, 3.8) is 0 Å². The summed E-state index contributed by atoms with van der Waals surface area (Å²) in [5, 5.41) is 0. The molecule has 0 atom stereocenters. The van der Waals surface area contributed by atoms with Crippen LogP contribution in [0.1, 0.15) is 20.3 Å². The van der Waals surface area contributed by atoms with Gasteiger partial charge in [-0.15, -0.1) is 0 Å². The summed E-state index contributed by atoms with van der Waals surface area (Å²) >= 11 is 0. The normalized spacial score (nSPS) is 10.0. The molecule has 0 amide bonds. The van der Waals surface area contributed by atoms with E-state index in [-0.39, 0.29) is 0 Å². The summed E-state index contributed by atoms with van der Waals surface area (Å²) in [5.41, 5.74) is 1.20. The van der Waals surface area contributed by atoms with Crippen LogP contribution in [0.4, 0.5) is 0 Å².